The molecule has 1 N–H and O–H groups in total. The van der Waals surface area contributed by atoms with Crippen LogP contribution in [0.4, 0.5) is 5.69 Å². The van der Waals surface area contributed by atoms with Crippen molar-refractivity contribution in [2.24, 2.45) is 7.05 Å². The number of para-hydroxylation sites is 1. The lowest BCUT2D eigenvalue weighted by Gasteiger charge is -2.18. The van der Waals surface area contributed by atoms with Gasteiger partial charge in [-0.15, -0.1) is 0 Å². The second-order valence-electron chi connectivity index (χ2n) is 7.04. The molecule has 0 aliphatic rings. The van der Waals surface area contributed by atoms with Crippen molar-refractivity contribution in [2.45, 2.75) is 17.3 Å². The Morgan fingerprint density at radius 3 is 2.37 bits per heavy atom. The number of hydrogen-bond donors (Lipinski definition) is 1. The maximum atomic E-state index is 13.2. The molecule has 0 bridgehead atoms. The van der Waals surface area contributed by atoms with Crippen LogP contribution in [0.1, 0.15) is 16.4 Å². The number of aryl methyl sites for hydroxylation is 1. The predicted molar refractivity (Wildman–Crippen MR) is 122 cm³/mol. The van der Waals surface area contributed by atoms with Crippen molar-refractivity contribution in [3.8, 4) is 0 Å². The van der Waals surface area contributed by atoms with Crippen molar-refractivity contribution < 1.29 is 4.79 Å². The first kappa shape index (κ1) is 19.9. The van der Waals surface area contributed by atoms with Crippen LogP contribution in [0.2, 0.25) is 0 Å². The zero-order valence-electron chi connectivity index (χ0n) is 16.7. The quantitative estimate of drug-likeness (QED) is 0.379. The van der Waals surface area contributed by atoms with Crippen LogP contribution in [0.5, 0.6) is 0 Å². The summed E-state index contributed by atoms with van der Waals surface area (Å²) >= 11 is 1.27. The fraction of sp³-hybridized carbons (Fsp3) is 0.125. The molecule has 5 nitrogen and oxygen atoms in total. The van der Waals surface area contributed by atoms with Crippen LogP contribution in [0.25, 0.3) is 10.9 Å². The second-order valence-corrected chi connectivity index (χ2v) is 8.11. The van der Waals surface area contributed by atoms with Crippen LogP contribution in [0.15, 0.2) is 88.8 Å². The number of nitrogens with zero attached hydrogens (tertiary/aromatic N) is 2. The summed E-state index contributed by atoms with van der Waals surface area (Å²) in [5.41, 5.74) is 3.18. The smallest absolute Gasteiger partial charge is 0.261 e. The molecule has 1 aromatic heterocycles. The first-order valence-electron chi connectivity index (χ1n) is 9.58. The Morgan fingerprint density at radius 2 is 1.63 bits per heavy atom. The van der Waals surface area contributed by atoms with E-state index < -0.39 is 5.25 Å². The number of amides is 1. The molecule has 6 heteroatoms. The van der Waals surface area contributed by atoms with E-state index in [-0.39, 0.29) is 11.5 Å². The largest absolute Gasteiger partial charge is 0.325 e. The summed E-state index contributed by atoms with van der Waals surface area (Å²) in [7, 11) is 1.68. The molecule has 1 unspecified atom stereocenters. The minimum atomic E-state index is -0.563. The highest BCUT2D eigenvalue weighted by atomic mass is 32.2. The Bertz CT molecular complexity index is 1250. The highest BCUT2D eigenvalue weighted by Gasteiger charge is 2.24. The van der Waals surface area contributed by atoms with Gasteiger partial charge < -0.3 is 5.32 Å². The van der Waals surface area contributed by atoms with Crippen LogP contribution in [0, 0.1) is 6.92 Å². The van der Waals surface area contributed by atoms with Gasteiger partial charge in [-0.25, -0.2) is 4.98 Å². The summed E-state index contributed by atoms with van der Waals surface area (Å²) in [6.45, 7) is 2.00. The van der Waals surface area contributed by atoms with Gasteiger partial charge in [0.25, 0.3) is 5.56 Å². The zero-order valence-corrected chi connectivity index (χ0v) is 17.5. The number of carbonyl (C=O) groups excluding carboxylic acids is 1. The van der Waals surface area contributed by atoms with Crippen LogP contribution in [-0.2, 0) is 11.8 Å². The van der Waals surface area contributed by atoms with E-state index in [2.05, 4.69) is 10.3 Å². The summed E-state index contributed by atoms with van der Waals surface area (Å²) < 4.78 is 1.50. The highest BCUT2D eigenvalue weighted by molar-refractivity contribution is 8.00. The molecule has 0 saturated heterocycles. The molecule has 4 aromatic rings. The number of aromatic nitrogens is 2. The van der Waals surface area contributed by atoms with E-state index in [9.17, 15) is 9.59 Å². The number of carbonyl (C=O) groups is 1. The topological polar surface area (TPSA) is 64.0 Å². The van der Waals surface area contributed by atoms with Gasteiger partial charge in [-0.2, -0.15) is 0 Å². The normalized spacial score (nSPS) is 11.9. The van der Waals surface area contributed by atoms with Crippen molar-refractivity contribution in [3.05, 3.63) is 100 Å². The summed E-state index contributed by atoms with van der Waals surface area (Å²) in [6, 6.07) is 24.4. The van der Waals surface area contributed by atoms with Gasteiger partial charge in [-0.3, -0.25) is 14.2 Å². The summed E-state index contributed by atoms with van der Waals surface area (Å²) in [6.07, 6.45) is 0. The van der Waals surface area contributed by atoms with Crippen LogP contribution in [-0.4, -0.2) is 15.5 Å². The van der Waals surface area contributed by atoms with Gasteiger partial charge in [0, 0.05) is 12.7 Å². The molecular formula is C24H21N3O2S. The molecule has 0 aliphatic carbocycles. The lowest BCUT2D eigenvalue weighted by atomic mass is 10.1. The third-order valence-corrected chi connectivity index (χ3v) is 6.12. The van der Waals surface area contributed by atoms with Crippen LogP contribution >= 0.6 is 11.8 Å². The van der Waals surface area contributed by atoms with Gasteiger partial charge in [0.15, 0.2) is 5.16 Å². The Kier molecular flexibility index (Phi) is 5.68. The van der Waals surface area contributed by atoms with Gasteiger partial charge in [0.2, 0.25) is 5.91 Å². The van der Waals surface area contributed by atoms with Gasteiger partial charge in [-0.1, -0.05) is 71.9 Å². The van der Waals surface area contributed by atoms with Crippen molar-refractivity contribution in [1.29, 1.82) is 0 Å². The zero-order chi connectivity index (χ0) is 21.1. The third-order valence-electron chi connectivity index (χ3n) is 4.82. The number of benzene rings is 3. The van der Waals surface area contributed by atoms with Gasteiger partial charge in [0.05, 0.1) is 10.9 Å². The molecule has 0 spiro atoms. The highest BCUT2D eigenvalue weighted by Crippen LogP contribution is 2.35. The molecule has 1 atom stereocenters. The van der Waals surface area contributed by atoms with Crippen LogP contribution < -0.4 is 10.9 Å². The standard InChI is InChI=1S/C24H21N3O2S/c1-16-12-14-18(15-13-16)25-22(28)21(17-8-4-3-5-9-17)30-24-26-20-11-7-6-10-19(20)23(29)27(24)2/h3-15,21H,1-2H3,(H,25,28). The van der Waals surface area contributed by atoms with Gasteiger partial charge in [-0.05, 0) is 36.8 Å². The third kappa shape index (κ3) is 4.14. The molecule has 0 fully saturated rings. The van der Waals surface area contributed by atoms with E-state index in [0.717, 1.165) is 16.8 Å². The fourth-order valence-corrected chi connectivity index (χ4v) is 4.22. The average molecular weight is 416 g/mol. The van der Waals surface area contributed by atoms with Crippen molar-refractivity contribution in [1.82, 2.24) is 9.55 Å². The number of rotatable bonds is 5. The monoisotopic (exact) mass is 415 g/mol. The lowest BCUT2D eigenvalue weighted by Crippen LogP contribution is -2.23. The van der Waals surface area contributed by atoms with E-state index in [0.29, 0.717) is 16.1 Å². The van der Waals surface area contributed by atoms with Gasteiger partial charge >= 0.3 is 0 Å². The van der Waals surface area contributed by atoms with E-state index in [1.807, 2.05) is 79.7 Å². The summed E-state index contributed by atoms with van der Waals surface area (Å²) in [4.78, 5) is 30.6. The lowest BCUT2D eigenvalue weighted by molar-refractivity contribution is -0.115. The minimum Gasteiger partial charge on any atom is -0.325 e. The maximum Gasteiger partial charge on any atom is 0.261 e. The number of thioether (sulfide) groups is 1. The van der Waals surface area contributed by atoms with Crippen molar-refractivity contribution in [2.75, 3.05) is 5.32 Å². The molecule has 30 heavy (non-hydrogen) atoms. The summed E-state index contributed by atoms with van der Waals surface area (Å²) in [5, 5.41) is 3.47. The Labute approximate surface area is 178 Å². The molecule has 150 valence electrons. The molecule has 3 aromatic carbocycles. The number of hydrogen-bond acceptors (Lipinski definition) is 4. The fourth-order valence-electron chi connectivity index (χ4n) is 3.15. The SMILES string of the molecule is Cc1ccc(NC(=O)C(Sc2nc3ccccc3c(=O)n2C)c2ccccc2)cc1. The predicted octanol–water partition coefficient (Wildman–Crippen LogP) is 4.71. The maximum absolute atomic E-state index is 13.2. The Hall–Kier alpha value is -3.38. The number of fused-ring (bicyclic) bond motifs is 1. The molecule has 1 amide bonds. The Morgan fingerprint density at radius 1 is 0.967 bits per heavy atom. The van der Waals surface area contributed by atoms with E-state index in [4.69, 9.17) is 0 Å². The van der Waals surface area contributed by atoms with Gasteiger partial charge in [0.1, 0.15) is 5.25 Å². The Balaban J connectivity index is 1.71. The second kappa shape index (κ2) is 8.55. The minimum absolute atomic E-state index is 0.131. The summed E-state index contributed by atoms with van der Waals surface area (Å²) in [5.74, 6) is -0.169. The molecular weight excluding hydrogens is 394 g/mol. The van der Waals surface area contributed by atoms with E-state index in [1.54, 1.807) is 13.1 Å². The average Bonchev–Trinajstić information content (AvgIpc) is 2.77. The van der Waals surface area contributed by atoms with E-state index in [1.165, 1.54) is 16.3 Å². The first-order chi connectivity index (χ1) is 14.5. The van der Waals surface area contributed by atoms with Crippen molar-refractivity contribution >= 4 is 34.3 Å². The van der Waals surface area contributed by atoms with Crippen molar-refractivity contribution in [3.63, 3.8) is 0 Å². The molecule has 0 aliphatic heterocycles. The molecule has 4 rings (SSSR count). The molecule has 0 saturated carbocycles. The molecule has 1 heterocycles. The van der Waals surface area contributed by atoms with Crippen LogP contribution in [0.3, 0.4) is 0 Å². The number of anilines is 1. The molecule has 0 radical (unpaired) electrons. The van der Waals surface area contributed by atoms with E-state index >= 15 is 0 Å². The first-order valence-corrected chi connectivity index (χ1v) is 10.5. The number of nitrogens with one attached hydrogen (secondary N) is 1.